The summed E-state index contributed by atoms with van der Waals surface area (Å²) in [6.45, 7) is 2.70. The number of aromatic nitrogens is 2. The monoisotopic (exact) mass is 372 g/mol. The highest BCUT2D eigenvalue weighted by molar-refractivity contribution is 5.76. The SMILES string of the molecule is Cc1cccc(OC[C@@H](O)Cn2c(Cc3ccccc3)nc3ccccc32)c1. The average Bonchev–Trinajstić information content (AvgIpc) is 3.04. The van der Waals surface area contributed by atoms with E-state index in [0.29, 0.717) is 6.54 Å². The molecular weight excluding hydrogens is 348 g/mol. The molecule has 142 valence electrons. The highest BCUT2D eigenvalue weighted by Gasteiger charge is 2.15. The van der Waals surface area contributed by atoms with Crippen LogP contribution in [0, 0.1) is 6.92 Å². The molecule has 1 aromatic heterocycles. The van der Waals surface area contributed by atoms with Gasteiger partial charge in [0.15, 0.2) is 0 Å². The Bertz CT molecular complexity index is 1060. The number of fused-ring (bicyclic) bond motifs is 1. The van der Waals surface area contributed by atoms with Crippen molar-refractivity contribution in [1.82, 2.24) is 9.55 Å². The number of imidazole rings is 1. The van der Waals surface area contributed by atoms with E-state index in [4.69, 9.17) is 9.72 Å². The molecule has 1 heterocycles. The molecule has 0 bridgehead atoms. The Hall–Kier alpha value is -3.11. The van der Waals surface area contributed by atoms with Crippen molar-refractivity contribution in [2.75, 3.05) is 6.61 Å². The molecule has 1 N–H and O–H groups in total. The summed E-state index contributed by atoms with van der Waals surface area (Å²) in [5.74, 6) is 1.72. The highest BCUT2D eigenvalue weighted by atomic mass is 16.5. The zero-order chi connectivity index (χ0) is 19.3. The first kappa shape index (κ1) is 18.3. The number of aryl methyl sites for hydroxylation is 1. The van der Waals surface area contributed by atoms with Gasteiger partial charge in [-0.2, -0.15) is 0 Å². The molecule has 3 aromatic carbocycles. The van der Waals surface area contributed by atoms with Gasteiger partial charge in [-0.1, -0.05) is 54.6 Å². The number of aliphatic hydroxyl groups excluding tert-OH is 1. The van der Waals surface area contributed by atoms with Crippen LogP contribution in [0.2, 0.25) is 0 Å². The van der Waals surface area contributed by atoms with Crippen molar-refractivity contribution in [3.05, 3.63) is 95.8 Å². The molecule has 0 saturated heterocycles. The molecule has 0 aliphatic heterocycles. The first-order valence-electron chi connectivity index (χ1n) is 9.54. The Balaban J connectivity index is 1.53. The fraction of sp³-hybridized carbons (Fsp3) is 0.208. The third kappa shape index (κ3) is 4.24. The minimum Gasteiger partial charge on any atom is -0.491 e. The molecule has 1 atom stereocenters. The third-order valence-electron chi connectivity index (χ3n) is 4.76. The number of ether oxygens (including phenoxy) is 1. The second-order valence-corrected chi connectivity index (χ2v) is 7.07. The fourth-order valence-corrected chi connectivity index (χ4v) is 3.40. The number of aliphatic hydroxyl groups is 1. The molecule has 0 amide bonds. The van der Waals surface area contributed by atoms with E-state index in [1.165, 1.54) is 5.56 Å². The summed E-state index contributed by atoms with van der Waals surface area (Å²) in [6, 6.07) is 26.2. The maximum Gasteiger partial charge on any atom is 0.119 e. The van der Waals surface area contributed by atoms with Gasteiger partial charge in [0.1, 0.15) is 24.3 Å². The number of rotatable bonds is 7. The normalized spacial score (nSPS) is 12.2. The summed E-state index contributed by atoms with van der Waals surface area (Å²) in [5.41, 5.74) is 4.31. The van der Waals surface area contributed by atoms with Crippen LogP contribution in [0.15, 0.2) is 78.9 Å². The lowest BCUT2D eigenvalue weighted by molar-refractivity contribution is 0.0928. The number of hydrogen-bond acceptors (Lipinski definition) is 3. The minimum absolute atomic E-state index is 0.237. The molecule has 0 aliphatic carbocycles. The van der Waals surface area contributed by atoms with Gasteiger partial charge in [-0.3, -0.25) is 0 Å². The van der Waals surface area contributed by atoms with Crippen molar-refractivity contribution in [2.45, 2.75) is 26.0 Å². The van der Waals surface area contributed by atoms with Crippen LogP contribution < -0.4 is 4.74 Å². The Morgan fingerprint density at radius 1 is 0.964 bits per heavy atom. The Morgan fingerprint density at radius 2 is 1.75 bits per heavy atom. The van der Waals surface area contributed by atoms with Crippen molar-refractivity contribution in [3.8, 4) is 5.75 Å². The van der Waals surface area contributed by atoms with Gasteiger partial charge >= 0.3 is 0 Å². The summed E-state index contributed by atoms with van der Waals surface area (Å²) in [7, 11) is 0. The summed E-state index contributed by atoms with van der Waals surface area (Å²) < 4.78 is 7.89. The molecule has 0 spiro atoms. The fourth-order valence-electron chi connectivity index (χ4n) is 3.40. The molecule has 28 heavy (non-hydrogen) atoms. The van der Waals surface area contributed by atoms with Crippen molar-refractivity contribution < 1.29 is 9.84 Å². The number of benzene rings is 3. The van der Waals surface area contributed by atoms with E-state index in [0.717, 1.165) is 34.6 Å². The molecule has 4 heteroatoms. The van der Waals surface area contributed by atoms with Crippen LogP contribution in [0.25, 0.3) is 11.0 Å². The second kappa shape index (κ2) is 8.28. The molecule has 0 unspecified atom stereocenters. The molecule has 0 saturated carbocycles. The number of para-hydroxylation sites is 2. The quantitative estimate of drug-likeness (QED) is 0.524. The zero-order valence-corrected chi connectivity index (χ0v) is 16.0. The smallest absolute Gasteiger partial charge is 0.119 e. The molecule has 4 aromatic rings. The van der Waals surface area contributed by atoms with E-state index >= 15 is 0 Å². The predicted molar refractivity (Wildman–Crippen MR) is 112 cm³/mol. The van der Waals surface area contributed by atoms with Gasteiger partial charge in [-0.15, -0.1) is 0 Å². The molecule has 4 nitrogen and oxygen atoms in total. The van der Waals surface area contributed by atoms with Gasteiger partial charge in [0, 0.05) is 6.42 Å². The van der Waals surface area contributed by atoms with Crippen LogP contribution in [0.3, 0.4) is 0 Å². The third-order valence-corrected chi connectivity index (χ3v) is 4.76. The van der Waals surface area contributed by atoms with Gasteiger partial charge in [-0.25, -0.2) is 4.98 Å². The average molecular weight is 372 g/mol. The Labute approximate surface area is 165 Å². The lowest BCUT2D eigenvalue weighted by atomic mass is 10.1. The van der Waals surface area contributed by atoms with Gasteiger partial charge in [0.05, 0.1) is 17.6 Å². The maximum absolute atomic E-state index is 10.6. The van der Waals surface area contributed by atoms with Crippen molar-refractivity contribution >= 4 is 11.0 Å². The second-order valence-electron chi connectivity index (χ2n) is 7.07. The topological polar surface area (TPSA) is 47.3 Å². The van der Waals surface area contributed by atoms with Gasteiger partial charge in [0.25, 0.3) is 0 Å². The van der Waals surface area contributed by atoms with E-state index < -0.39 is 6.10 Å². The lowest BCUT2D eigenvalue weighted by Crippen LogP contribution is -2.24. The van der Waals surface area contributed by atoms with Gasteiger partial charge in [0.2, 0.25) is 0 Å². The van der Waals surface area contributed by atoms with Crippen LogP contribution in [-0.2, 0) is 13.0 Å². The van der Waals surface area contributed by atoms with E-state index in [1.54, 1.807) is 0 Å². The van der Waals surface area contributed by atoms with Gasteiger partial charge < -0.3 is 14.4 Å². The van der Waals surface area contributed by atoms with Crippen molar-refractivity contribution in [1.29, 1.82) is 0 Å². The van der Waals surface area contributed by atoms with E-state index in [-0.39, 0.29) is 6.61 Å². The van der Waals surface area contributed by atoms with Crippen LogP contribution in [0.4, 0.5) is 0 Å². The van der Waals surface area contributed by atoms with Crippen LogP contribution in [0.5, 0.6) is 5.75 Å². The summed E-state index contributed by atoms with van der Waals surface area (Å²) in [6.07, 6.45) is 0.0914. The Morgan fingerprint density at radius 3 is 2.57 bits per heavy atom. The Kier molecular flexibility index (Phi) is 5.40. The first-order valence-corrected chi connectivity index (χ1v) is 9.54. The van der Waals surface area contributed by atoms with Crippen molar-refractivity contribution in [3.63, 3.8) is 0 Å². The lowest BCUT2D eigenvalue weighted by Gasteiger charge is -2.16. The minimum atomic E-state index is -0.632. The highest BCUT2D eigenvalue weighted by Crippen LogP contribution is 2.20. The largest absolute Gasteiger partial charge is 0.491 e. The van der Waals surface area contributed by atoms with Crippen molar-refractivity contribution in [2.24, 2.45) is 0 Å². The van der Waals surface area contributed by atoms with Crippen LogP contribution in [0.1, 0.15) is 17.0 Å². The van der Waals surface area contributed by atoms with E-state index in [1.807, 2.05) is 73.7 Å². The maximum atomic E-state index is 10.6. The van der Waals surface area contributed by atoms with E-state index in [9.17, 15) is 5.11 Å². The van der Waals surface area contributed by atoms with Crippen LogP contribution in [-0.4, -0.2) is 27.4 Å². The first-order chi connectivity index (χ1) is 13.7. The number of hydrogen-bond donors (Lipinski definition) is 1. The van der Waals surface area contributed by atoms with Gasteiger partial charge in [-0.05, 0) is 42.3 Å². The van der Waals surface area contributed by atoms with Crippen LogP contribution >= 0.6 is 0 Å². The summed E-state index contributed by atoms with van der Waals surface area (Å²) in [5, 5.41) is 10.6. The molecular formula is C24H24N2O2. The molecule has 0 fully saturated rings. The molecule has 4 rings (SSSR count). The zero-order valence-electron chi connectivity index (χ0n) is 16.0. The number of nitrogens with zero attached hydrogens (tertiary/aromatic N) is 2. The molecule has 0 radical (unpaired) electrons. The predicted octanol–water partition coefficient (Wildman–Crippen LogP) is 4.38. The standard InChI is InChI=1S/C24H24N2O2/c1-18-8-7-11-21(14-18)28-17-20(27)16-26-23-13-6-5-12-22(23)25-24(26)15-19-9-3-2-4-10-19/h2-14,20,27H,15-17H2,1H3/t20-/m0/s1. The van der Waals surface area contributed by atoms with E-state index in [2.05, 4.69) is 16.7 Å². The summed E-state index contributed by atoms with van der Waals surface area (Å²) in [4.78, 5) is 4.80. The summed E-state index contributed by atoms with van der Waals surface area (Å²) >= 11 is 0. The molecule has 0 aliphatic rings.